The first-order chi connectivity index (χ1) is 11.2. The first-order valence-electron chi connectivity index (χ1n) is 8.61. The van der Waals surface area contributed by atoms with E-state index in [4.69, 9.17) is 0 Å². The van der Waals surface area contributed by atoms with Crippen molar-refractivity contribution in [2.75, 3.05) is 5.32 Å². The fourth-order valence-corrected chi connectivity index (χ4v) is 3.32. The molecule has 1 aromatic heterocycles. The van der Waals surface area contributed by atoms with Crippen molar-refractivity contribution >= 4 is 11.6 Å². The molecule has 1 aromatic carbocycles. The maximum atomic E-state index is 12.4. The lowest BCUT2D eigenvalue weighted by molar-refractivity contribution is -0.116. The zero-order valence-electron chi connectivity index (χ0n) is 14.1. The van der Waals surface area contributed by atoms with E-state index in [1.807, 2.05) is 19.1 Å². The Morgan fingerprint density at radius 2 is 2.09 bits per heavy atom. The average Bonchev–Trinajstić information content (AvgIpc) is 2.77. The van der Waals surface area contributed by atoms with Crippen LogP contribution in [0.5, 0.6) is 0 Å². The number of hydrogen-bond donors (Lipinski definition) is 1. The number of rotatable bonds is 4. The summed E-state index contributed by atoms with van der Waals surface area (Å²) >= 11 is 0. The number of carbonyl (C=O) groups excluding carboxylic acids is 1. The van der Waals surface area contributed by atoms with Crippen molar-refractivity contribution in [3.05, 3.63) is 46.8 Å². The molecule has 0 saturated heterocycles. The molecule has 1 aliphatic carbocycles. The van der Waals surface area contributed by atoms with Gasteiger partial charge >= 0.3 is 0 Å². The van der Waals surface area contributed by atoms with E-state index in [1.165, 1.54) is 36.1 Å². The van der Waals surface area contributed by atoms with Crippen LogP contribution in [0.25, 0.3) is 0 Å². The molecular formula is C19H25N3O. The monoisotopic (exact) mass is 311 g/mol. The normalized spacial score (nSPS) is 14.2. The highest BCUT2D eigenvalue weighted by molar-refractivity contribution is 5.92. The predicted molar refractivity (Wildman–Crippen MR) is 92.7 cm³/mol. The fraction of sp³-hybridized carbons (Fsp3) is 0.474. The average molecular weight is 311 g/mol. The van der Waals surface area contributed by atoms with E-state index in [0.717, 1.165) is 30.5 Å². The van der Waals surface area contributed by atoms with Crippen LogP contribution in [0.2, 0.25) is 0 Å². The van der Waals surface area contributed by atoms with Gasteiger partial charge in [0.05, 0.1) is 5.69 Å². The molecule has 4 nitrogen and oxygen atoms in total. The van der Waals surface area contributed by atoms with E-state index in [2.05, 4.69) is 29.6 Å². The summed E-state index contributed by atoms with van der Waals surface area (Å²) in [4.78, 5) is 12.4. The summed E-state index contributed by atoms with van der Waals surface area (Å²) in [5.41, 5.74) is 5.73. The van der Waals surface area contributed by atoms with Gasteiger partial charge in [0, 0.05) is 11.9 Å². The topological polar surface area (TPSA) is 46.9 Å². The van der Waals surface area contributed by atoms with Crippen LogP contribution in [0.4, 0.5) is 5.69 Å². The van der Waals surface area contributed by atoms with E-state index in [0.29, 0.717) is 0 Å². The molecular weight excluding hydrogens is 286 g/mol. The van der Waals surface area contributed by atoms with Crippen LogP contribution in [0, 0.1) is 6.92 Å². The third-order valence-corrected chi connectivity index (χ3v) is 4.59. The first-order valence-corrected chi connectivity index (χ1v) is 8.61. The van der Waals surface area contributed by atoms with Gasteiger partial charge in [-0.3, -0.25) is 9.48 Å². The number of benzene rings is 1. The van der Waals surface area contributed by atoms with Crippen molar-refractivity contribution in [2.24, 2.45) is 0 Å². The van der Waals surface area contributed by atoms with Gasteiger partial charge in [-0.15, -0.1) is 0 Å². The highest BCUT2D eigenvalue weighted by Gasteiger charge is 2.14. The van der Waals surface area contributed by atoms with Crippen molar-refractivity contribution in [3.63, 3.8) is 0 Å². The summed E-state index contributed by atoms with van der Waals surface area (Å²) in [6, 6.07) is 6.14. The predicted octanol–water partition coefficient (Wildman–Crippen LogP) is 3.66. The van der Waals surface area contributed by atoms with Crippen molar-refractivity contribution in [1.29, 1.82) is 0 Å². The number of anilines is 1. The molecule has 23 heavy (non-hydrogen) atoms. The van der Waals surface area contributed by atoms with Crippen LogP contribution < -0.4 is 5.32 Å². The zero-order chi connectivity index (χ0) is 16.2. The van der Waals surface area contributed by atoms with Crippen molar-refractivity contribution in [2.45, 2.75) is 58.9 Å². The van der Waals surface area contributed by atoms with Crippen molar-refractivity contribution < 1.29 is 4.79 Å². The second-order valence-electron chi connectivity index (χ2n) is 6.37. The Morgan fingerprint density at radius 3 is 2.91 bits per heavy atom. The van der Waals surface area contributed by atoms with Gasteiger partial charge in [-0.2, -0.15) is 5.10 Å². The molecule has 0 unspecified atom stereocenters. The van der Waals surface area contributed by atoms with E-state index >= 15 is 0 Å². The van der Waals surface area contributed by atoms with Crippen LogP contribution >= 0.6 is 0 Å². The first kappa shape index (κ1) is 15.8. The molecule has 1 heterocycles. The number of aromatic nitrogens is 2. The number of nitrogens with one attached hydrogen (secondary N) is 1. The minimum atomic E-state index is -0.00772. The Morgan fingerprint density at radius 1 is 1.26 bits per heavy atom. The second kappa shape index (κ2) is 6.99. The van der Waals surface area contributed by atoms with Gasteiger partial charge in [0.2, 0.25) is 5.91 Å². The lowest BCUT2D eigenvalue weighted by Gasteiger charge is -2.13. The number of para-hydroxylation sites is 1. The number of fused-ring (bicyclic) bond motifs is 1. The molecule has 0 atom stereocenters. The molecule has 0 fully saturated rings. The molecule has 0 saturated carbocycles. The van der Waals surface area contributed by atoms with Gasteiger partial charge in [0.1, 0.15) is 6.54 Å². The lowest BCUT2D eigenvalue weighted by atomic mass is 10.1. The third-order valence-electron chi connectivity index (χ3n) is 4.59. The second-order valence-corrected chi connectivity index (χ2v) is 6.37. The minimum absolute atomic E-state index is 0.00772. The Kier molecular flexibility index (Phi) is 4.79. The number of amides is 1. The van der Waals surface area contributed by atoms with Crippen molar-refractivity contribution in [1.82, 2.24) is 9.78 Å². The smallest absolute Gasteiger partial charge is 0.246 e. The van der Waals surface area contributed by atoms with E-state index < -0.39 is 0 Å². The minimum Gasteiger partial charge on any atom is -0.324 e. The van der Waals surface area contributed by atoms with Crippen molar-refractivity contribution in [3.8, 4) is 0 Å². The molecule has 3 rings (SSSR count). The number of carbonyl (C=O) groups is 1. The van der Waals surface area contributed by atoms with Gasteiger partial charge in [0.15, 0.2) is 0 Å². The fourth-order valence-electron chi connectivity index (χ4n) is 3.32. The van der Waals surface area contributed by atoms with Crippen LogP contribution in [0.1, 0.15) is 48.6 Å². The number of hydrogen-bond acceptors (Lipinski definition) is 2. The molecule has 2 aromatic rings. The molecule has 4 heteroatoms. The maximum absolute atomic E-state index is 12.4. The molecule has 1 amide bonds. The van der Waals surface area contributed by atoms with Gasteiger partial charge < -0.3 is 5.32 Å². The van der Waals surface area contributed by atoms with Crippen LogP contribution in [0.15, 0.2) is 24.4 Å². The molecule has 0 radical (unpaired) electrons. The van der Waals surface area contributed by atoms with Gasteiger partial charge in [-0.25, -0.2) is 0 Å². The van der Waals surface area contributed by atoms with Crippen LogP contribution in [-0.2, 0) is 30.6 Å². The van der Waals surface area contributed by atoms with Crippen LogP contribution in [-0.4, -0.2) is 15.7 Å². The number of nitrogens with zero attached hydrogens (tertiary/aromatic N) is 2. The van der Waals surface area contributed by atoms with E-state index in [1.54, 1.807) is 4.68 Å². The molecule has 0 bridgehead atoms. The maximum Gasteiger partial charge on any atom is 0.246 e. The largest absolute Gasteiger partial charge is 0.324 e. The molecule has 1 N–H and O–H groups in total. The summed E-state index contributed by atoms with van der Waals surface area (Å²) in [7, 11) is 0. The summed E-state index contributed by atoms with van der Waals surface area (Å²) in [5, 5.41) is 7.68. The Labute approximate surface area is 137 Å². The zero-order valence-corrected chi connectivity index (χ0v) is 14.1. The van der Waals surface area contributed by atoms with E-state index in [-0.39, 0.29) is 12.5 Å². The molecule has 122 valence electrons. The Hall–Kier alpha value is -2.10. The summed E-state index contributed by atoms with van der Waals surface area (Å²) in [5.74, 6) is -0.00772. The highest BCUT2D eigenvalue weighted by Crippen LogP contribution is 2.22. The van der Waals surface area contributed by atoms with E-state index in [9.17, 15) is 4.79 Å². The highest BCUT2D eigenvalue weighted by atomic mass is 16.2. The van der Waals surface area contributed by atoms with Gasteiger partial charge in [-0.05, 0) is 55.7 Å². The lowest BCUT2D eigenvalue weighted by Crippen LogP contribution is -2.20. The van der Waals surface area contributed by atoms with Gasteiger partial charge in [-0.1, -0.05) is 31.5 Å². The summed E-state index contributed by atoms with van der Waals surface area (Å²) < 4.78 is 1.80. The molecule has 0 spiro atoms. The standard InChI is InChI=1S/C19H25N3O/c1-3-15-10-7-8-14(2)19(15)20-18(23)13-22-12-16-9-5-4-6-11-17(16)21-22/h7-8,10,12H,3-6,9,11,13H2,1-2H3,(H,20,23). The molecule has 1 aliphatic rings. The molecule has 0 aliphatic heterocycles. The summed E-state index contributed by atoms with van der Waals surface area (Å²) in [6.45, 7) is 4.42. The van der Waals surface area contributed by atoms with Crippen LogP contribution in [0.3, 0.4) is 0 Å². The van der Waals surface area contributed by atoms with Gasteiger partial charge in [0.25, 0.3) is 0 Å². The Balaban J connectivity index is 1.71. The SMILES string of the molecule is CCc1cccc(C)c1NC(=O)Cn1cc2c(n1)CCCCC2. The third kappa shape index (κ3) is 3.63. The quantitative estimate of drug-likeness (QED) is 0.876. The Bertz CT molecular complexity index is 679. The number of aryl methyl sites for hydroxylation is 4. The summed E-state index contributed by atoms with van der Waals surface area (Å²) in [6.07, 6.45) is 8.82.